The zero-order valence-corrected chi connectivity index (χ0v) is 28.5. The van der Waals surface area contributed by atoms with Crippen molar-refractivity contribution in [3.8, 4) is 56.4 Å². The average Bonchev–Trinajstić information content (AvgIpc) is 3.23. The molecule has 52 heavy (non-hydrogen) atoms. The van der Waals surface area contributed by atoms with Gasteiger partial charge in [-0.3, -0.25) is 0 Å². The Morgan fingerprint density at radius 3 is 1.71 bits per heavy atom. The van der Waals surface area contributed by atoms with Gasteiger partial charge < -0.3 is 0 Å². The van der Waals surface area contributed by atoms with E-state index in [0.717, 1.165) is 51.4 Å². The average molecular weight is 664 g/mol. The molecule has 0 spiro atoms. The highest BCUT2D eigenvalue weighted by molar-refractivity contribution is 6.13. The lowest BCUT2D eigenvalue weighted by molar-refractivity contribution is 1.08. The van der Waals surface area contributed by atoms with Crippen LogP contribution in [0.3, 0.4) is 0 Å². The molecule has 0 radical (unpaired) electrons. The molecule has 9 aromatic rings. The molecule has 0 bridgehead atoms. The first-order valence-corrected chi connectivity index (χ1v) is 17.9. The molecule has 8 aromatic carbocycles. The minimum atomic E-state index is 0.647. The molecule has 3 heteroatoms. The number of hydrogen-bond donors (Lipinski definition) is 0. The van der Waals surface area contributed by atoms with Crippen molar-refractivity contribution in [2.24, 2.45) is 0 Å². The van der Waals surface area contributed by atoms with Crippen molar-refractivity contribution in [3.05, 3.63) is 174 Å². The van der Waals surface area contributed by atoms with Gasteiger partial charge in [-0.1, -0.05) is 152 Å². The van der Waals surface area contributed by atoms with E-state index in [0.29, 0.717) is 17.5 Å². The minimum absolute atomic E-state index is 0.647. The second kappa shape index (κ2) is 12.6. The van der Waals surface area contributed by atoms with Crippen LogP contribution in [-0.2, 0) is 0 Å². The molecule has 0 atom stereocenters. The molecule has 0 saturated heterocycles. The normalized spacial score (nSPS) is 12.4. The summed E-state index contributed by atoms with van der Waals surface area (Å²) in [6, 6.07) is 58.3. The van der Waals surface area contributed by atoms with E-state index in [9.17, 15) is 0 Å². The fourth-order valence-electron chi connectivity index (χ4n) is 7.69. The summed E-state index contributed by atoms with van der Waals surface area (Å²) in [5, 5.41) is 9.75. The summed E-state index contributed by atoms with van der Waals surface area (Å²) >= 11 is 0. The summed E-state index contributed by atoms with van der Waals surface area (Å²) in [4.78, 5) is 15.5. The second-order valence-corrected chi connectivity index (χ2v) is 13.5. The van der Waals surface area contributed by atoms with Gasteiger partial charge >= 0.3 is 0 Å². The van der Waals surface area contributed by atoms with E-state index < -0.39 is 0 Å². The third kappa shape index (κ3) is 5.35. The van der Waals surface area contributed by atoms with Crippen LogP contribution >= 0.6 is 0 Å². The maximum Gasteiger partial charge on any atom is 0.164 e. The Bertz CT molecular complexity index is 2960. The van der Waals surface area contributed by atoms with E-state index in [-0.39, 0.29) is 0 Å². The molecule has 244 valence electrons. The van der Waals surface area contributed by atoms with Crippen molar-refractivity contribution in [1.29, 1.82) is 0 Å². The Labute approximate surface area is 301 Å². The van der Waals surface area contributed by atoms with Crippen LogP contribution in [-0.4, -0.2) is 15.0 Å². The molecule has 1 heterocycles. The first-order valence-electron chi connectivity index (χ1n) is 17.9. The van der Waals surface area contributed by atoms with Gasteiger partial charge in [0, 0.05) is 16.7 Å². The zero-order valence-electron chi connectivity index (χ0n) is 28.5. The van der Waals surface area contributed by atoms with Gasteiger partial charge in [-0.15, -0.1) is 0 Å². The van der Waals surface area contributed by atoms with Gasteiger partial charge in [-0.2, -0.15) is 0 Å². The van der Waals surface area contributed by atoms with Crippen LogP contribution in [0.25, 0.3) is 101 Å². The fraction of sp³-hybridized carbons (Fsp3) is 0.0408. The van der Waals surface area contributed by atoms with E-state index in [1.807, 2.05) is 18.2 Å². The molecule has 1 aliphatic carbocycles. The molecular weight excluding hydrogens is 631 g/mol. The molecule has 0 fully saturated rings. The molecule has 0 aliphatic heterocycles. The van der Waals surface area contributed by atoms with Gasteiger partial charge in [-0.05, 0) is 102 Å². The highest BCUT2D eigenvalue weighted by Crippen LogP contribution is 2.37. The van der Waals surface area contributed by atoms with Crippen LogP contribution in [0.4, 0.5) is 0 Å². The van der Waals surface area contributed by atoms with E-state index in [4.69, 9.17) is 15.0 Å². The summed E-state index contributed by atoms with van der Waals surface area (Å²) in [7, 11) is 0. The Morgan fingerprint density at radius 2 is 0.885 bits per heavy atom. The van der Waals surface area contributed by atoms with Gasteiger partial charge in [0.2, 0.25) is 0 Å². The molecule has 1 aromatic heterocycles. The van der Waals surface area contributed by atoms with Gasteiger partial charge in [0.15, 0.2) is 17.5 Å². The lowest BCUT2D eigenvalue weighted by Gasteiger charge is -2.14. The molecule has 0 unspecified atom stereocenters. The largest absolute Gasteiger partial charge is 0.208 e. The van der Waals surface area contributed by atoms with Crippen molar-refractivity contribution in [2.75, 3.05) is 0 Å². The maximum atomic E-state index is 5.25. The molecular formula is C49H33N3. The van der Waals surface area contributed by atoms with Crippen molar-refractivity contribution in [2.45, 2.75) is 12.8 Å². The van der Waals surface area contributed by atoms with Crippen LogP contribution in [0, 0.1) is 0 Å². The smallest absolute Gasteiger partial charge is 0.164 e. The van der Waals surface area contributed by atoms with Crippen LogP contribution in [0.1, 0.15) is 12.8 Å². The quantitative estimate of drug-likeness (QED) is 0.172. The summed E-state index contributed by atoms with van der Waals surface area (Å²) in [5.74, 6) is 1.95. The number of aromatic nitrogens is 3. The lowest BCUT2D eigenvalue weighted by atomic mass is 9.94. The first-order chi connectivity index (χ1) is 25.7. The molecule has 0 N–H and O–H groups in total. The number of benzene rings is 8. The highest BCUT2D eigenvalue weighted by Gasteiger charge is 2.18. The van der Waals surface area contributed by atoms with Crippen LogP contribution in [0.5, 0.6) is 0 Å². The number of fused-ring (bicyclic) bond motifs is 5. The summed E-state index contributed by atoms with van der Waals surface area (Å²) < 4.78 is 0. The van der Waals surface area contributed by atoms with Gasteiger partial charge in [0.25, 0.3) is 0 Å². The first kappa shape index (κ1) is 30.1. The Kier molecular flexibility index (Phi) is 7.28. The van der Waals surface area contributed by atoms with Crippen molar-refractivity contribution in [1.82, 2.24) is 15.0 Å². The molecule has 1 aliphatic rings. The van der Waals surface area contributed by atoms with Gasteiger partial charge in [-0.25, -0.2) is 15.0 Å². The topological polar surface area (TPSA) is 38.7 Å². The van der Waals surface area contributed by atoms with Crippen molar-refractivity contribution in [3.63, 3.8) is 0 Å². The van der Waals surface area contributed by atoms with Crippen LogP contribution < -0.4 is 10.4 Å². The lowest BCUT2D eigenvalue weighted by Crippen LogP contribution is -2.26. The van der Waals surface area contributed by atoms with E-state index in [1.54, 1.807) is 0 Å². The van der Waals surface area contributed by atoms with Crippen LogP contribution in [0.2, 0.25) is 0 Å². The third-order valence-corrected chi connectivity index (χ3v) is 10.3. The highest BCUT2D eigenvalue weighted by atomic mass is 15.0. The van der Waals surface area contributed by atoms with Crippen molar-refractivity contribution < 1.29 is 0 Å². The molecule has 0 amide bonds. The second-order valence-electron chi connectivity index (χ2n) is 13.5. The van der Waals surface area contributed by atoms with E-state index in [1.165, 1.54) is 43.1 Å². The van der Waals surface area contributed by atoms with E-state index >= 15 is 0 Å². The predicted molar refractivity (Wildman–Crippen MR) is 217 cm³/mol. The van der Waals surface area contributed by atoms with Gasteiger partial charge in [0.05, 0.1) is 0 Å². The molecule has 3 nitrogen and oxygen atoms in total. The Morgan fingerprint density at radius 1 is 0.308 bits per heavy atom. The number of hydrogen-bond acceptors (Lipinski definition) is 3. The van der Waals surface area contributed by atoms with Crippen LogP contribution in [0.15, 0.2) is 164 Å². The zero-order chi connectivity index (χ0) is 34.4. The SMILES string of the molecule is C1=c2ccc(-c3ccc4cc(-c5ccccc5-c5nc(-c6ccccc6)nc(-c6cc7ccccc7c7ccccc67)n5)ccc4c3)cc2=CCC1. The number of rotatable bonds is 5. The summed E-state index contributed by atoms with van der Waals surface area (Å²) in [6.45, 7) is 0. The number of nitrogens with zero attached hydrogens (tertiary/aromatic N) is 3. The van der Waals surface area contributed by atoms with E-state index in [2.05, 4.69) is 158 Å². The summed E-state index contributed by atoms with van der Waals surface area (Å²) in [5.41, 5.74) is 7.58. The fourth-order valence-corrected chi connectivity index (χ4v) is 7.69. The van der Waals surface area contributed by atoms with Crippen molar-refractivity contribution >= 4 is 44.5 Å². The minimum Gasteiger partial charge on any atom is -0.208 e. The Balaban J connectivity index is 1.11. The monoisotopic (exact) mass is 663 g/mol. The maximum absolute atomic E-state index is 5.25. The predicted octanol–water partition coefficient (Wildman–Crippen LogP) is 11.0. The Hall–Kier alpha value is -6.71. The molecule has 10 rings (SSSR count). The summed E-state index contributed by atoms with van der Waals surface area (Å²) in [6.07, 6.45) is 6.92. The third-order valence-electron chi connectivity index (χ3n) is 10.3. The standard InChI is InChI=1S/C49H33N3/c1-2-13-33(14-3-1)47-50-48(52-49(51-47)46-31-39-16-6-7-17-41(39)43-19-9-10-20-44(43)46)45-21-11-8-18-42(45)40-27-26-37-29-36(24-25-38(37)30-40)35-23-22-32-12-4-5-15-34(32)28-35/h1-3,6-31H,4-5H2. The van der Waals surface area contributed by atoms with Gasteiger partial charge in [0.1, 0.15) is 0 Å². The molecule has 0 saturated carbocycles.